The van der Waals surface area contributed by atoms with Gasteiger partial charge in [-0.05, 0) is 93.1 Å². The number of halogens is 1. The second-order valence-electron chi connectivity index (χ2n) is 12.9. The molecule has 6 nitrogen and oxygen atoms in total. The van der Waals surface area contributed by atoms with Gasteiger partial charge in [-0.1, -0.05) is 25.1 Å². The molecule has 7 heteroatoms. The Morgan fingerprint density at radius 2 is 1.86 bits per heavy atom. The fourth-order valence-corrected chi connectivity index (χ4v) is 9.33. The first-order valence-electron chi connectivity index (χ1n) is 13.7. The Morgan fingerprint density at radius 3 is 2.65 bits per heavy atom. The monoisotopic (exact) mass is 508 g/mol. The third-order valence-corrected chi connectivity index (χ3v) is 11.3. The highest BCUT2D eigenvalue weighted by Gasteiger charge is 2.77. The Bertz CT molecular complexity index is 1320. The SMILES string of the molecule is CN(C)[C@H]1C[C@@]23CC[C@]4(O2)C2CC=C(c5ccc6ccnc(O)c6c5)[C@@]2(C)CCC4(F)CC3[C@@H](O)[C@@H]1O. The number of fused-ring (bicyclic) bond motifs is 2. The van der Waals surface area contributed by atoms with Crippen LogP contribution in [0.3, 0.4) is 0 Å². The van der Waals surface area contributed by atoms with Gasteiger partial charge < -0.3 is 25.0 Å². The van der Waals surface area contributed by atoms with Crippen molar-refractivity contribution in [2.45, 2.75) is 87.0 Å². The fraction of sp³-hybridized carbons (Fsp3) is 0.633. The van der Waals surface area contributed by atoms with Crippen LogP contribution in [0.2, 0.25) is 0 Å². The number of hydrogen-bond acceptors (Lipinski definition) is 6. The molecule has 2 aromatic rings. The van der Waals surface area contributed by atoms with Crippen molar-refractivity contribution in [1.29, 1.82) is 0 Å². The van der Waals surface area contributed by atoms with Crippen molar-refractivity contribution >= 4 is 16.3 Å². The lowest BCUT2D eigenvalue weighted by Crippen LogP contribution is -2.72. The minimum absolute atomic E-state index is 0.00549. The third-order valence-electron chi connectivity index (χ3n) is 11.3. The number of benzene rings is 1. The van der Waals surface area contributed by atoms with Gasteiger partial charge in [0.15, 0.2) is 0 Å². The average Bonchev–Trinajstić information content (AvgIpc) is 3.40. The Morgan fingerprint density at radius 1 is 1.05 bits per heavy atom. The molecule has 2 aliphatic heterocycles. The highest BCUT2D eigenvalue weighted by atomic mass is 19.1. The molecule has 37 heavy (non-hydrogen) atoms. The summed E-state index contributed by atoms with van der Waals surface area (Å²) in [6.07, 6.45) is 6.03. The Balaban J connectivity index is 1.27. The molecular formula is C30H37FN2O4. The maximum Gasteiger partial charge on any atom is 0.218 e. The number of alkyl halides is 1. The van der Waals surface area contributed by atoms with Gasteiger partial charge in [0.25, 0.3) is 0 Å². The normalized spacial score (nSPS) is 46.5. The number of aliphatic hydroxyl groups excluding tert-OH is 2. The van der Waals surface area contributed by atoms with Crippen LogP contribution < -0.4 is 0 Å². The molecule has 2 saturated carbocycles. The van der Waals surface area contributed by atoms with E-state index < -0.39 is 35.0 Å². The highest BCUT2D eigenvalue weighted by Crippen LogP contribution is 2.72. The smallest absolute Gasteiger partial charge is 0.218 e. The molecule has 1 aromatic carbocycles. The Kier molecular flexibility index (Phi) is 4.89. The molecule has 4 fully saturated rings. The lowest BCUT2D eigenvalue weighted by molar-refractivity contribution is -0.314. The fourth-order valence-electron chi connectivity index (χ4n) is 9.33. The van der Waals surface area contributed by atoms with Crippen LogP contribution >= 0.6 is 0 Å². The zero-order valence-electron chi connectivity index (χ0n) is 21.8. The van der Waals surface area contributed by atoms with Crippen molar-refractivity contribution in [3.63, 3.8) is 0 Å². The molecule has 3 aliphatic carbocycles. The molecule has 2 spiro atoms. The van der Waals surface area contributed by atoms with Crippen LogP contribution in [0.5, 0.6) is 5.88 Å². The number of ether oxygens (including phenoxy) is 1. The summed E-state index contributed by atoms with van der Waals surface area (Å²) < 4.78 is 24.3. The lowest BCUT2D eigenvalue weighted by Gasteiger charge is -2.64. The maximum absolute atomic E-state index is 17.2. The molecule has 0 amide bonds. The number of rotatable bonds is 2. The Hall–Kier alpha value is -2.06. The van der Waals surface area contributed by atoms with Crippen molar-refractivity contribution in [1.82, 2.24) is 9.88 Å². The molecule has 3 heterocycles. The summed E-state index contributed by atoms with van der Waals surface area (Å²) in [5, 5.41) is 34.1. The van der Waals surface area contributed by atoms with Crippen LogP contribution in [0.4, 0.5) is 4.39 Å². The topological polar surface area (TPSA) is 86.1 Å². The van der Waals surface area contributed by atoms with Crippen LogP contribution in [0, 0.1) is 17.3 Å². The van der Waals surface area contributed by atoms with Crippen molar-refractivity contribution in [3.8, 4) is 5.88 Å². The zero-order valence-corrected chi connectivity index (χ0v) is 21.8. The average molecular weight is 509 g/mol. The quantitative estimate of drug-likeness (QED) is 0.563. The van der Waals surface area contributed by atoms with E-state index in [1.54, 1.807) is 6.20 Å². The first-order chi connectivity index (χ1) is 17.5. The minimum Gasteiger partial charge on any atom is -0.493 e. The molecule has 0 radical (unpaired) electrons. The van der Waals surface area contributed by atoms with E-state index in [0.717, 1.165) is 29.2 Å². The van der Waals surface area contributed by atoms with Gasteiger partial charge in [-0.15, -0.1) is 0 Å². The van der Waals surface area contributed by atoms with Crippen molar-refractivity contribution in [3.05, 3.63) is 42.1 Å². The van der Waals surface area contributed by atoms with Crippen LogP contribution in [0.1, 0.15) is 57.4 Å². The van der Waals surface area contributed by atoms with Gasteiger partial charge in [0, 0.05) is 29.5 Å². The summed E-state index contributed by atoms with van der Waals surface area (Å²) in [5.41, 5.74) is -1.03. The second-order valence-corrected chi connectivity index (χ2v) is 12.9. The van der Waals surface area contributed by atoms with E-state index in [4.69, 9.17) is 4.74 Å². The summed E-state index contributed by atoms with van der Waals surface area (Å²) in [6.45, 7) is 2.26. The molecule has 9 atom stereocenters. The van der Waals surface area contributed by atoms with E-state index in [1.165, 1.54) is 5.57 Å². The largest absolute Gasteiger partial charge is 0.493 e. The van der Waals surface area contributed by atoms with E-state index in [1.807, 2.05) is 37.2 Å². The van der Waals surface area contributed by atoms with Crippen LogP contribution in [0.25, 0.3) is 16.3 Å². The van der Waals surface area contributed by atoms with E-state index in [2.05, 4.69) is 24.1 Å². The van der Waals surface area contributed by atoms with E-state index in [9.17, 15) is 15.3 Å². The first kappa shape index (κ1) is 24.0. The number of nitrogens with zero attached hydrogens (tertiary/aromatic N) is 2. The maximum atomic E-state index is 17.2. The summed E-state index contributed by atoms with van der Waals surface area (Å²) in [5.74, 6) is -0.375. The van der Waals surface area contributed by atoms with Crippen LogP contribution in [0.15, 0.2) is 36.5 Å². The molecule has 3 N–H and O–H groups in total. The number of allylic oxidation sites excluding steroid dienone is 2. The molecule has 2 saturated heterocycles. The second kappa shape index (κ2) is 7.53. The van der Waals surface area contributed by atoms with Gasteiger partial charge in [-0.3, -0.25) is 0 Å². The van der Waals surface area contributed by atoms with E-state index >= 15 is 4.39 Å². The number of pyridine rings is 1. The first-order valence-corrected chi connectivity index (χ1v) is 13.7. The molecule has 3 unspecified atom stereocenters. The number of aromatic nitrogens is 1. The van der Waals surface area contributed by atoms with Crippen molar-refractivity contribution < 1.29 is 24.4 Å². The van der Waals surface area contributed by atoms with E-state index in [-0.39, 0.29) is 29.7 Å². The highest BCUT2D eigenvalue weighted by molar-refractivity contribution is 5.90. The number of hydrogen-bond donors (Lipinski definition) is 3. The summed E-state index contributed by atoms with van der Waals surface area (Å²) in [6, 6.07) is 7.81. The Labute approximate surface area is 217 Å². The molecule has 198 valence electrons. The predicted molar refractivity (Wildman–Crippen MR) is 139 cm³/mol. The number of likely N-dealkylation sites (N-methyl/N-ethyl adjacent to an activating group) is 1. The van der Waals surface area contributed by atoms with Crippen molar-refractivity contribution in [2.24, 2.45) is 17.3 Å². The van der Waals surface area contributed by atoms with Crippen LogP contribution in [-0.4, -0.2) is 74.4 Å². The molecule has 2 bridgehead atoms. The third kappa shape index (κ3) is 2.92. The van der Waals surface area contributed by atoms with Crippen molar-refractivity contribution in [2.75, 3.05) is 14.1 Å². The van der Waals surface area contributed by atoms with Gasteiger partial charge >= 0.3 is 0 Å². The van der Waals surface area contributed by atoms with Gasteiger partial charge in [-0.25, -0.2) is 9.37 Å². The summed E-state index contributed by atoms with van der Waals surface area (Å²) in [7, 11) is 3.85. The molecule has 5 aliphatic rings. The predicted octanol–water partition coefficient (Wildman–Crippen LogP) is 4.22. The molecule has 7 rings (SSSR count). The number of aromatic hydroxyl groups is 1. The van der Waals surface area contributed by atoms with E-state index in [0.29, 0.717) is 25.7 Å². The summed E-state index contributed by atoms with van der Waals surface area (Å²) >= 11 is 0. The van der Waals surface area contributed by atoms with Crippen LogP contribution in [-0.2, 0) is 4.74 Å². The van der Waals surface area contributed by atoms with Gasteiger partial charge in [0.05, 0.1) is 17.8 Å². The standard InChI is InChI=1S/C30H37FN2O4/c1-27-9-11-29(31)15-21-24(34)25(35)22(33(2)3)16-28(21)10-12-30(29,37-28)23(27)7-6-20(27)18-5-4-17-8-13-32-26(36)19(17)14-18/h4-6,8,13-14,21-25,34-35H,7,9-12,15-16H2,1-3H3,(H,32,36)/t21?,22-,23?,24+,25+,27+,28+,29?,30-/m0/s1. The minimum atomic E-state index is -1.53. The van der Waals surface area contributed by atoms with Gasteiger partial charge in [-0.2, -0.15) is 0 Å². The molecular weight excluding hydrogens is 471 g/mol. The van der Waals surface area contributed by atoms with Gasteiger partial charge in [0.1, 0.15) is 11.3 Å². The summed E-state index contributed by atoms with van der Waals surface area (Å²) in [4.78, 5) is 6.03. The lowest BCUT2D eigenvalue weighted by atomic mass is 9.51. The van der Waals surface area contributed by atoms with Gasteiger partial charge in [0.2, 0.25) is 5.88 Å². The number of aliphatic hydroxyl groups is 2. The zero-order chi connectivity index (χ0) is 26.0. The molecule has 1 aromatic heterocycles.